The summed E-state index contributed by atoms with van der Waals surface area (Å²) in [7, 11) is 1.57. The van der Waals surface area contributed by atoms with E-state index in [1.54, 1.807) is 49.6 Å². The third-order valence-electron chi connectivity index (χ3n) is 5.02. The Bertz CT molecular complexity index is 1020. The van der Waals surface area contributed by atoms with Gasteiger partial charge in [0, 0.05) is 24.2 Å². The van der Waals surface area contributed by atoms with Crippen molar-refractivity contribution in [2.75, 3.05) is 18.6 Å². The third-order valence-corrected chi connectivity index (χ3v) is 5.02. The monoisotopic (exact) mass is 406 g/mol. The number of ether oxygens (including phenoxy) is 1. The lowest BCUT2D eigenvalue weighted by Gasteiger charge is -2.20. The molecule has 3 aromatic rings. The predicted octanol–water partition coefficient (Wildman–Crippen LogP) is 6.17. The zero-order valence-corrected chi connectivity index (χ0v) is 17.3. The molecule has 3 rings (SSSR count). The largest absolute Gasteiger partial charge is 0.490 e. The van der Waals surface area contributed by atoms with Crippen LogP contribution in [0.15, 0.2) is 67.4 Å². The summed E-state index contributed by atoms with van der Waals surface area (Å²) in [4.78, 5) is 18.5. The summed E-state index contributed by atoms with van der Waals surface area (Å²) in [6.07, 6.45) is 8.76. The number of rotatable bonds is 10. The number of benzene rings is 2. The number of nitrogens with zero attached hydrogens (tertiary/aromatic N) is 2. The van der Waals surface area contributed by atoms with Crippen LogP contribution in [0.1, 0.15) is 42.5 Å². The molecule has 0 radical (unpaired) electrons. The molecule has 2 aromatic carbocycles. The van der Waals surface area contributed by atoms with Crippen LogP contribution in [0, 0.1) is 5.82 Å². The third kappa shape index (κ3) is 5.23. The fraction of sp³-hybridized carbons (Fsp3) is 0.280. The zero-order valence-electron chi connectivity index (χ0n) is 17.3. The van der Waals surface area contributed by atoms with Crippen molar-refractivity contribution in [3.63, 3.8) is 0 Å². The number of hydrogen-bond donors (Lipinski definition) is 0. The Balaban J connectivity index is 1.66. The number of pyridine rings is 1. The van der Waals surface area contributed by atoms with Crippen molar-refractivity contribution in [1.29, 1.82) is 0 Å². The highest BCUT2D eigenvalue weighted by Gasteiger charge is 2.19. The van der Waals surface area contributed by atoms with Crippen molar-refractivity contribution in [3.05, 3.63) is 78.8 Å². The Hall–Kier alpha value is -3.21. The van der Waals surface area contributed by atoms with Gasteiger partial charge in [0.1, 0.15) is 0 Å². The average Bonchev–Trinajstić information content (AvgIpc) is 2.78. The van der Waals surface area contributed by atoms with Crippen LogP contribution in [0.5, 0.6) is 5.75 Å². The summed E-state index contributed by atoms with van der Waals surface area (Å²) in [5, 5.41) is 0.863. The maximum absolute atomic E-state index is 15.0. The zero-order chi connectivity index (χ0) is 21.3. The highest BCUT2D eigenvalue weighted by Crippen LogP contribution is 2.28. The lowest BCUT2D eigenvalue weighted by molar-refractivity contribution is 0.0992. The topological polar surface area (TPSA) is 42.4 Å². The SMILES string of the molecule is C=CCCCCCCOc1cccc(N(C)C(=O)c2ccc3ncccc3c2)c1F. The van der Waals surface area contributed by atoms with E-state index >= 15 is 0 Å². The molecule has 0 spiro atoms. The number of carbonyl (C=O) groups is 1. The Kier molecular flexibility index (Phi) is 7.55. The molecular weight excluding hydrogens is 379 g/mol. The van der Waals surface area contributed by atoms with Crippen LogP contribution >= 0.6 is 0 Å². The van der Waals surface area contributed by atoms with Crippen molar-refractivity contribution in [2.45, 2.75) is 32.1 Å². The highest BCUT2D eigenvalue weighted by atomic mass is 19.1. The first kappa shape index (κ1) is 21.5. The van der Waals surface area contributed by atoms with Gasteiger partial charge in [0.25, 0.3) is 5.91 Å². The minimum absolute atomic E-state index is 0.168. The number of unbranched alkanes of at least 4 members (excludes halogenated alkanes) is 4. The van der Waals surface area contributed by atoms with E-state index in [9.17, 15) is 9.18 Å². The van der Waals surface area contributed by atoms with E-state index in [1.807, 2.05) is 18.2 Å². The Morgan fingerprint density at radius 1 is 1.13 bits per heavy atom. The first-order valence-electron chi connectivity index (χ1n) is 10.3. The molecule has 1 heterocycles. The summed E-state index contributed by atoms with van der Waals surface area (Å²) in [6.45, 7) is 4.16. The molecule has 5 heteroatoms. The van der Waals surface area contributed by atoms with Crippen LogP contribution < -0.4 is 9.64 Å². The molecule has 1 amide bonds. The van der Waals surface area contributed by atoms with Crippen LogP contribution in [-0.2, 0) is 0 Å². The molecule has 0 atom stereocenters. The van der Waals surface area contributed by atoms with Crippen LogP contribution in [0.2, 0.25) is 0 Å². The predicted molar refractivity (Wildman–Crippen MR) is 120 cm³/mol. The molecule has 0 unspecified atom stereocenters. The summed E-state index contributed by atoms with van der Waals surface area (Å²) in [5.74, 6) is -0.651. The van der Waals surface area contributed by atoms with Crippen LogP contribution in [0.4, 0.5) is 10.1 Å². The lowest BCUT2D eigenvalue weighted by atomic mass is 10.1. The number of carbonyl (C=O) groups excluding carboxylic acids is 1. The fourth-order valence-corrected chi connectivity index (χ4v) is 3.31. The van der Waals surface area contributed by atoms with Gasteiger partial charge >= 0.3 is 0 Å². The Morgan fingerprint density at radius 2 is 1.97 bits per heavy atom. The van der Waals surface area contributed by atoms with Gasteiger partial charge in [0.15, 0.2) is 11.6 Å². The molecule has 0 bridgehead atoms. The second kappa shape index (κ2) is 10.5. The molecule has 0 saturated carbocycles. The van der Waals surface area contributed by atoms with Gasteiger partial charge in [-0.2, -0.15) is 0 Å². The Labute approximate surface area is 177 Å². The van der Waals surface area contributed by atoms with Gasteiger partial charge in [0.05, 0.1) is 17.8 Å². The van der Waals surface area contributed by atoms with Gasteiger partial charge in [0.2, 0.25) is 0 Å². The molecule has 0 fully saturated rings. The van der Waals surface area contributed by atoms with Crippen molar-refractivity contribution >= 4 is 22.5 Å². The summed E-state index contributed by atoms with van der Waals surface area (Å²) < 4.78 is 20.6. The second-order valence-corrected chi connectivity index (χ2v) is 7.20. The van der Waals surface area contributed by atoms with Gasteiger partial charge in [-0.1, -0.05) is 31.1 Å². The van der Waals surface area contributed by atoms with Crippen molar-refractivity contribution < 1.29 is 13.9 Å². The Morgan fingerprint density at radius 3 is 2.80 bits per heavy atom. The smallest absolute Gasteiger partial charge is 0.258 e. The number of amides is 1. The van der Waals surface area contributed by atoms with E-state index in [-0.39, 0.29) is 17.3 Å². The average molecular weight is 407 g/mol. The van der Waals surface area contributed by atoms with Crippen LogP contribution in [-0.4, -0.2) is 24.5 Å². The number of hydrogen-bond acceptors (Lipinski definition) is 3. The molecular formula is C25H27FN2O2. The quantitative estimate of drug-likeness (QED) is 0.299. The molecule has 0 saturated heterocycles. The second-order valence-electron chi connectivity index (χ2n) is 7.20. The van der Waals surface area contributed by atoms with E-state index in [2.05, 4.69) is 11.6 Å². The molecule has 4 nitrogen and oxygen atoms in total. The van der Waals surface area contributed by atoms with Crippen LogP contribution in [0.3, 0.4) is 0 Å². The minimum Gasteiger partial charge on any atom is -0.490 e. The number of aromatic nitrogens is 1. The van der Waals surface area contributed by atoms with Crippen molar-refractivity contribution in [1.82, 2.24) is 4.98 Å². The van der Waals surface area contributed by atoms with Gasteiger partial charge < -0.3 is 9.64 Å². The van der Waals surface area contributed by atoms with Gasteiger partial charge in [-0.3, -0.25) is 9.78 Å². The van der Waals surface area contributed by atoms with Gasteiger partial charge in [-0.15, -0.1) is 6.58 Å². The number of allylic oxidation sites excluding steroid dienone is 1. The van der Waals surface area contributed by atoms with Crippen molar-refractivity contribution in [3.8, 4) is 5.75 Å². The molecule has 0 N–H and O–H groups in total. The molecule has 1 aromatic heterocycles. The van der Waals surface area contributed by atoms with E-state index in [0.717, 1.165) is 43.0 Å². The summed E-state index contributed by atoms with van der Waals surface area (Å²) >= 11 is 0. The van der Waals surface area contributed by atoms with E-state index in [1.165, 1.54) is 4.90 Å². The standard InChI is InChI=1S/C25H27FN2O2/c1-3-4-5-6-7-8-17-30-23-13-9-12-22(24(23)26)28(2)25(29)20-14-15-21-19(18-20)11-10-16-27-21/h3,9-16,18H,1,4-8,17H2,2H3. The molecule has 0 aliphatic carbocycles. The first-order valence-corrected chi connectivity index (χ1v) is 10.3. The van der Waals surface area contributed by atoms with Gasteiger partial charge in [-0.25, -0.2) is 4.39 Å². The van der Waals surface area contributed by atoms with E-state index in [0.29, 0.717) is 12.2 Å². The summed E-state index contributed by atoms with van der Waals surface area (Å²) in [6, 6.07) is 13.9. The normalized spacial score (nSPS) is 10.7. The fourth-order valence-electron chi connectivity index (χ4n) is 3.31. The van der Waals surface area contributed by atoms with Crippen molar-refractivity contribution in [2.24, 2.45) is 0 Å². The lowest BCUT2D eigenvalue weighted by Crippen LogP contribution is -2.27. The minimum atomic E-state index is -0.525. The summed E-state index contributed by atoms with van der Waals surface area (Å²) in [5.41, 5.74) is 1.47. The number of halogens is 1. The molecule has 0 aliphatic heterocycles. The molecule has 0 aliphatic rings. The maximum Gasteiger partial charge on any atom is 0.258 e. The highest BCUT2D eigenvalue weighted by molar-refractivity contribution is 6.07. The number of anilines is 1. The number of fused-ring (bicyclic) bond motifs is 1. The molecule has 30 heavy (non-hydrogen) atoms. The van der Waals surface area contributed by atoms with E-state index in [4.69, 9.17) is 4.74 Å². The van der Waals surface area contributed by atoms with Gasteiger partial charge in [-0.05, 0) is 55.7 Å². The van der Waals surface area contributed by atoms with Crippen LogP contribution in [0.25, 0.3) is 10.9 Å². The maximum atomic E-state index is 15.0. The first-order chi connectivity index (χ1) is 14.6. The molecule has 156 valence electrons. The van der Waals surface area contributed by atoms with E-state index < -0.39 is 5.82 Å².